The summed E-state index contributed by atoms with van der Waals surface area (Å²) in [6.07, 6.45) is 0. The summed E-state index contributed by atoms with van der Waals surface area (Å²) in [5.41, 5.74) is 1.76. The van der Waals surface area contributed by atoms with Gasteiger partial charge < -0.3 is 10.2 Å². The fourth-order valence-corrected chi connectivity index (χ4v) is 2.74. The maximum Gasteiger partial charge on any atom is 0.245 e. The van der Waals surface area contributed by atoms with E-state index >= 15 is 0 Å². The first-order chi connectivity index (χ1) is 10.5. The second-order valence-electron chi connectivity index (χ2n) is 5.39. The molecule has 3 heterocycles. The minimum absolute atomic E-state index is 0.384. The highest BCUT2D eigenvalue weighted by Crippen LogP contribution is 2.23. The summed E-state index contributed by atoms with van der Waals surface area (Å²) in [5.74, 6) is 1.75. The maximum atomic E-state index is 4.67. The Labute approximate surface area is 131 Å². The van der Waals surface area contributed by atoms with Crippen LogP contribution in [0.1, 0.15) is 30.5 Å². The summed E-state index contributed by atoms with van der Waals surface area (Å²) in [5, 5.41) is 13.9. The Morgan fingerprint density at radius 1 is 1.18 bits per heavy atom. The van der Waals surface area contributed by atoms with Crippen LogP contribution in [0.15, 0.2) is 10.0 Å². The van der Waals surface area contributed by atoms with E-state index < -0.39 is 0 Å². The normalized spacial score (nSPS) is 11.3. The van der Waals surface area contributed by atoms with Crippen molar-refractivity contribution in [2.45, 2.75) is 26.3 Å². The van der Waals surface area contributed by atoms with E-state index in [2.05, 4.69) is 54.4 Å². The average Bonchev–Trinajstić information content (AvgIpc) is 3.12. The molecule has 3 rings (SSSR count). The van der Waals surface area contributed by atoms with E-state index in [0.717, 1.165) is 10.7 Å². The minimum Gasteiger partial charge on any atom is -0.361 e. The lowest BCUT2D eigenvalue weighted by atomic mass is 10.2. The van der Waals surface area contributed by atoms with Crippen molar-refractivity contribution in [1.82, 2.24) is 25.3 Å². The van der Waals surface area contributed by atoms with Gasteiger partial charge >= 0.3 is 0 Å². The molecule has 116 valence electrons. The lowest BCUT2D eigenvalue weighted by Gasteiger charge is -2.15. The summed E-state index contributed by atoms with van der Waals surface area (Å²) in [7, 11) is 3.79. The smallest absolute Gasteiger partial charge is 0.245 e. The zero-order valence-electron chi connectivity index (χ0n) is 12.9. The third-order valence-corrected chi connectivity index (χ3v) is 4.21. The predicted molar refractivity (Wildman–Crippen MR) is 85.3 cm³/mol. The minimum atomic E-state index is 0.384. The lowest BCUT2D eigenvalue weighted by molar-refractivity contribution is 0.314. The number of rotatable bonds is 5. The Morgan fingerprint density at radius 2 is 1.91 bits per heavy atom. The van der Waals surface area contributed by atoms with Gasteiger partial charge in [-0.15, -0.1) is 11.3 Å². The second-order valence-corrected chi connectivity index (χ2v) is 6.28. The number of anilines is 2. The molecular weight excluding hydrogens is 302 g/mol. The first-order valence-electron chi connectivity index (χ1n) is 6.90. The summed E-state index contributed by atoms with van der Waals surface area (Å²) >= 11 is 1.67. The van der Waals surface area contributed by atoms with Crippen molar-refractivity contribution in [2.75, 3.05) is 24.3 Å². The molecule has 0 unspecified atom stereocenters. The maximum absolute atomic E-state index is 4.67. The fraction of sp³-hybridized carbons (Fsp3) is 0.462. The molecule has 0 saturated carbocycles. The highest BCUT2D eigenvalue weighted by molar-refractivity contribution is 7.09. The van der Waals surface area contributed by atoms with Crippen LogP contribution in [0.4, 0.5) is 11.6 Å². The van der Waals surface area contributed by atoms with Gasteiger partial charge in [0.2, 0.25) is 11.3 Å². The molecule has 3 aromatic heterocycles. The summed E-state index contributed by atoms with van der Waals surface area (Å²) in [4.78, 5) is 15.3. The molecule has 0 saturated heterocycles. The topological polar surface area (TPSA) is 92.9 Å². The van der Waals surface area contributed by atoms with Crippen LogP contribution in [0.5, 0.6) is 0 Å². The number of thiazole rings is 1. The van der Waals surface area contributed by atoms with E-state index in [1.54, 1.807) is 11.3 Å². The quantitative estimate of drug-likeness (QED) is 0.765. The number of aromatic nitrogens is 5. The van der Waals surface area contributed by atoms with Gasteiger partial charge in [0, 0.05) is 25.4 Å². The molecule has 0 aliphatic rings. The van der Waals surface area contributed by atoms with Crippen LogP contribution >= 0.6 is 11.3 Å². The van der Waals surface area contributed by atoms with Gasteiger partial charge in [0.25, 0.3) is 0 Å². The standard InChI is InChI=1S/C13H17N7OS/c1-7(2)13-15-8(6-22-13)5-14-11-12(20(3)4)17-10-9(16-11)18-21-19-10/h6-7H,5H2,1-4H3,(H,14,16,18). The van der Waals surface area contributed by atoms with E-state index in [9.17, 15) is 0 Å². The third-order valence-electron chi connectivity index (χ3n) is 3.02. The Hall–Kier alpha value is -2.29. The first-order valence-corrected chi connectivity index (χ1v) is 7.78. The number of nitrogens with one attached hydrogen (secondary N) is 1. The summed E-state index contributed by atoms with van der Waals surface area (Å²) in [6, 6.07) is 0. The van der Waals surface area contributed by atoms with Gasteiger partial charge in [-0.1, -0.05) is 13.8 Å². The molecule has 0 atom stereocenters. The van der Waals surface area contributed by atoms with E-state index in [1.165, 1.54) is 0 Å². The highest BCUT2D eigenvalue weighted by Gasteiger charge is 2.14. The van der Waals surface area contributed by atoms with E-state index in [4.69, 9.17) is 0 Å². The van der Waals surface area contributed by atoms with E-state index in [1.807, 2.05) is 19.0 Å². The van der Waals surface area contributed by atoms with Crippen LogP contribution in [0.3, 0.4) is 0 Å². The average molecular weight is 319 g/mol. The molecule has 22 heavy (non-hydrogen) atoms. The Morgan fingerprint density at radius 3 is 2.55 bits per heavy atom. The van der Waals surface area contributed by atoms with Gasteiger partial charge in [0.15, 0.2) is 11.6 Å². The van der Waals surface area contributed by atoms with Crippen LogP contribution in [-0.2, 0) is 6.54 Å². The van der Waals surface area contributed by atoms with Gasteiger partial charge in [-0.3, -0.25) is 0 Å². The molecule has 9 heteroatoms. The Kier molecular flexibility index (Phi) is 3.88. The number of hydrogen-bond acceptors (Lipinski definition) is 9. The van der Waals surface area contributed by atoms with Crippen LogP contribution < -0.4 is 10.2 Å². The van der Waals surface area contributed by atoms with Gasteiger partial charge in [-0.05, 0) is 10.3 Å². The van der Waals surface area contributed by atoms with Crippen molar-refractivity contribution < 1.29 is 4.63 Å². The van der Waals surface area contributed by atoms with Gasteiger partial charge in [0.1, 0.15) is 0 Å². The fourth-order valence-electron chi connectivity index (χ4n) is 1.90. The first kappa shape index (κ1) is 14.6. The van der Waals surface area contributed by atoms with Gasteiger partial charge in [0.05, 0.1) is 17.2 Å². The van der Waals surface area contributed by atoms with Crippen LogP contribution in [-0.4, -0.2) is 39.4 Å². The molecule has 0 spiro atoms. The Bertz CT molecular complexity index is 780. The molecular formula is C13H17N7OS. The SMILES string of the molecule is CC(C)c1nc(CNc2nc3nonc3nc2N(C)C)cs1. The van der Waals surface area contributed by atoms with Crippen molar-refractivity contribution in [3.05, 3.63) is 16.1 Å². The van der Waals surface area contributed by atoms with Crippen molar-refractivity contribution in [3.8, 4) is 0 Å². The van der Waals surface area contributed by atoms with Crippen molar-refractivity contribution >= 4 is 34.3 Å². The van der Waals surface area contributed by atoms with Crippen LogP contribution in [0, 0.1) is 0 Å². The molecule has 0 bridgehead atoms. The van der Waals surface area contributed by atoms with Crippen molar-refractivity contribution in [3.63, 3.8) is 0 Å². The number of fused-ring (bicyclic) bond motifs is 1. The molecule has 8 nitrogen and oxygen atoms in total. The lowest BCUT2D eigenvalue weighted by Crippen LogP contribution is -2.15. The van der Waals surface area contributed by atoms with Crippen LogP contribution in [0.25, 0.3) is 11.3 Å². The van der Waals surface area contributed by atoms with E-state index in [0.29, 0.717) is 35.4 Å². The van der Waals surface area contributed by atoms with E-state index in [-0.39, 0.29) is 0 Å². The molecule has 0 aliphatic heterocycles. The zero-order valence-corrected chi connectivity index (χ0v) is 13.7. The number of hydrogen-bond donors (Lipinski definition) is 1. The third kappa shape index (κ3) is 2.84. The molecule has 0 radical (unpaired) electrons. The molecule has 0 aromatic carbocycles. The Balaban J connectivity index is 1.83. The summed E-state index contributed by atoms with van der Waals surface area (Å²) in [6.45, 7) is 4.85. The second kappa shape index (κ2) is 5.84. The predicted octanol–water partition coefficient (Wildman–Crippen LogP) is 2.27. The molecule has 0 fully saturated rings. The van der Waals surface area contributed by atoms with Gasteiger partial charge in [-0.2, -0.15) is 0 Å². The summed E-state index contributed by atoms with van der Waals surface area (Å²) < 4.78 is 4.67. The largest absolute Gasteiger partial charge is 0.361 e. The molecule has 1 N–H and O–H groups in total. The van der Waals surface area contributed by atoms with Crippen molar-refractivity contribution in [1.29, 1.82) is 0 Å². The molecule has 3 aromatic rings. The van der Waals surface area contributed by atoms with Gasteiger partial charge in [-0.25, -0.2) is 19.6 Å². The highest BCUT2D eigenvalue weighted by atomic mass is 32.1. The zero-order chi connectivity index (χ0) is 15.7. The van der Waals surface area contributed by atoms with Crippen LogP contribution in [0.2, 0.25) is 0 Å². The molecule has 0 aliphatic carbocycles. The monoisotopic (exact) mass is 319 g/mol. The molecule has 0 amide bonds. The number of nitrogens with zero attached hydrogens (tertiary/aromatic N) is 6. The van der Waals surface area contributed by atoms with Crippen molar-refractivity contribution in [2.24, 2.45) is 0 Å².